The number of pyridine rings is 1. The number of carboxylic acids is 1. The van der Waals surface area contributed by atoms with Crippen LogP contribution in [0.5, 0.6) is 5.75 Å². The number of nitrogens with one attached hydrogen (secondary N) is 2. The number of halogens is 4. The first-order valence-corrected chi connectivity index (χ1v) is 11.8. The van der Waals surface area contributed by atoms with Crippen molar-refractivity contribution in [2.45, 2.75) is 51.4 Å². The number of hydrogen-bond donors (Lipinski definition) is 3. The lowest BCUT2D eigenvalue weighted by Crippen LogP contribution is -2.29. The molecule has 0 unspecified atom stereocenters. The first kappa shape index (κ1) is 27.0. The van der Waals surface area contributed by atoms with Gasteiger partial charge < -0.3 is 20.5 Å². The highest BCUT2D eigenvalue weighted by molar-refractivity contribution is 5.70. The summed E-state index contributed by atoms with van der Waals surface area (Å²) in [5.41, 5.74) is 2.10. The van der Waals surface area contributed by atoms with Crippen LogP contribution < -0.4 is 15.4 Å². The van der Waals surface area contributed by atoms with E-state index in [0.717, 1.165) is 19.0 Å². The summed E-state index contributed by atoms with van der Waals surface area (Å²) < 4.78 is 58.8. The molecule has 0 amide bonds. The zero-order chi connectivity index (χ0) is 27.4. The number of aliphatic carboxylic acids is 1. The molecule has 0 bridgehead atoms. The highest BCUT2D eigenvalue weighted by Gasteiger charge is 2.29. The van der Waals surface area contributed by atoms with Crippen molar-refractivity contribution in [2.75, 3.05) is 17.2 Å². The number of aryl methyl sites for hydroxylation is 2. The minimum absolute atomic E-state index is 0.0702. The van der Waals surface area contributed by atoms with Gasteiger partial charge >= 0.3 is 12.1 Å². The molecule has 1 aliphatic carbocycles. The third-order valence-electron chi connectivity index (χ3n) is 6.11. The standard InChI is InChI=1S/C23H26F4N8O3/c1-12-18(38-14-5-3-4-13(8-14)21(36)37)7-6-16(31-12)19-17(35(2)34-33-19)10-29-22-28-9-15(24)20(32-22)30-11-23(25,26)27/h6-7,9,13-14H,3-5,8,10-11H2,1-2H3,(H,36,37)(H2,28,29,30,32)/t13-,14-/m0/s1. The van der Waals surface area contributed by atoms with E-state index in [-0.39, 0.29) is 18.6 Å². The molecule has 0 aliphatic heterocycles. The van der Waals surface area contributed by atoms with Crippen LogP contribution in [0.3, 0.4) is 0 Å². The SMILES string of the molecule is Cc1nc(-c2nnn(C)c2CNc2ncc(F)c(NCC(F)(F)F)n2)ccc1O[C@H]1CCC[C@H](C(=O)O)C1. The summed E-state index contributed by atoms with van der Waals surface area (Å²) in [5, 5.41) is 22.3. The Kier molecular flexibility index (Phi) is 7.92. The number of nitrogens with zero attached hydrogens (tertiary/aromatic N) is 6. The molecule has 3 aromatic rings. The van der Waals surface area contributed by atoms with E-state index in [2.05, 4.69) is 30.6 Å². The Balaban J connectivity index is 1.46. The van der Waals surface area contributed by atoms with Crippen LogP contribution in [0.1, 0.15) is 37.1 Å². The average molecular weight is 539 g/mol. The molecule has 0 radical (unpaired) electrons. The number of rotatable bonds is 9. The van der Waals surface area contributed by atoms with Gasteiger partial charge in [-0.05, 0) is 44.7 Å². The van der Waals surface area contributed by atoms with Gasteiger partial charge in [0.25, 0.3) is 0 Å². The highest BCUT2D eigenvalue weighted by atomic mass is 19.4. The van der Waals surface area contributed by atoms with Crippen LogP contribution in [0.25, 0.3) is 11.4 Å². The van der Waals surface area contributed by atoms with Gasteiger partial charge in [-0.25, -0.2) is 19.0 Å². The second-order valence-electron chi connectivity index (χ2n) is 8.94. The highest BCUT2D eigenvalue weighted by Crippen LogP contribution is 2.30. The smallest absolute Gasteiger partial charge is 0.405 e. The van der Waals surface area contributed by atoms with Crippen LogP contribution in [0, 0.1) is 18.7 Å². The summed E-state index contributed by atoms with van der Waals surface area (Å²) in [6.07, 6.45) is -1.35. The van der Waals surface area contributed by atoms with Crippen molar-refractivity contribution >= 4 is 17.7 Å². The van der Waals surface area contributed by atoms with Gasteiger partial charge in [0.1, 0.15) is 18.0 Å². The van der Waals surface area contributed by atoms with Crippen molar-refractivity contribution < 1.29 is 32.2 Å². The predicted octanol–water partition coefficient (Wildman–Crippen LogP) is 3.72. The molecular formula is C23H26F4N8O3. The van der Waals surface area contributed by atoms with Crippen LogP contribution in [-0.4, -0.2) is 59.8 Å². The van der Waals surface area contributed by atoms with Crippen LogP contribution >= 0.6 is 0 Å². The molecule has 0 aromatic carbocycles. The maximum Gasteiger partial charge on any atom is 0.405 e. The molecule has 38 heavy (non-hydrogen) atoms. The molecule has 1 aliphatic rings. The Morgan fingerprint density at radius 2 is 2.03 bits per heavy atom. The third-order valence-corrected chi connectivity index (χ3v) is 6.11. The van der Waals surface area contributed by atoms with Crippen molar-refractivity contribution in [3.8, 4) is 17.1 Å². The van der Waals surface area contributed by atoms with E-state index in [1.165, 1.54) is 4.68 Å². The molecule has 0 spiro atoms. The first-order chi connectivity index (χ1) is 18.0. The molecule has 3 N–H and O–H groups in total. The predicted molar refractivity (Wildman–Crippen MR) is 127 cm³/mol. The lowest BCUT2D eigenvalue weighted by molar-refractivity contribution is -0.143. The van der Waals surface area contributed by atoms with Crippen molar-refractivity contribution in [1.29, 1.82) is 0 Å². The summed E-state index contributed by atoms with van der Waals surface area (Å²) in [6, 6.07) is 3.45. The fourth-order valence-corrected chi connectivity index (χ4v) is 4.16. The van der Waals surface area contributed by atoms with E-state index in [9.17, 15) is 27.5 Å². The summed E-state index contributed by atoms with van der Waals surface area (Å²) in [4.78, 5) is 23.5. The molecule has 0 saturated heterocycles. The number of ether oxygens (including phenoxy) is 1. The van der Waals surface area contributed by atoms with Gasteiger partial charge in [0.05, 0.1) is 41.8 Å². The van der Waals surface area contributed by atoms with E-state index in [1.807, 2.05) is 5.32 Å². The largest absolute Gasteiger partial charge is 0.489 e. The topological polar surface area (TPSA) is 140 Å². The Labute approximate surface area is 214 Å². The second kappa shape index (κ2) is 11.1. The van der Waals surface area contributed by atoms with Crippen molar-refractivity contribution in [1.82, 2.24) is 29.9 Å². The molecule has 2 atom stereocenters. The van der Waals surface area contributed by atoms with Crippen molar-refractivity contribution in [2.24, 2.45) is 13.0 Å². The molecule has 1 saturated carbocycles. The molecule has 204 valence electrons. The molecule has 1 fully saturated rings. The monoisotopic (exact) mass is 538 g/mol. The number of carboxylic acid groups (broad SMARTS) is 1. The fourth-order valence-electron chi connectivity index (χ4n) is 4.16. The quantitative estimate of drug-likeness (QED) is 0.345. The lowest BCUT2D eigenvalue weighted by atomic mass is 9.87. The van der Waals surface area contributed by atoms with E-state index >= 15 is 0 Å². The molecule has 4 rings (SSSR count). The van der Waals surface area contributed by atoms with Crippen LogP contribution in [-0.2, 0) is 18.4 Å². The molecule has 3 heterocycles. The van der Waals surface area contributed by atoms with Crippen LogP contribution in [0.4, 0.5) is 29.3 Å². The summed E-state index contributed by atoms with van der Waals surface area (Å²) in [6.45, 7) is 0.398. The number of carbonyl (C=O) groups is 1. The molecule has 11 nitrogen and oxygen atoms in total. The van der Waals surface area contributed by atoms with Gasteiger partial charge in [-0.1, -0.05) is 5.21 Å². The van der Waals surface area contributed by atoms with Gasteiger partial charge in [0.2, 0.25) is 5.95 Å². The van der Waals surface area contributed by atoms with E-state index in [0.29, 0.717) is 41.4 Å². The fraction of sp³-hybridized carbons (Fsp3) is 0.478. The van der Waals surface area contributed by atoms with Gasteiger partial charge in [-0.15, -0.1) is 5.10 Å². The average Bonchev–Trinajstić information content (AvgIpc) is 3.23. The second-order valence-corrected chi connectivity index (χ2v) is 8.94. The van der Waals surface area contributed by atoms with Crippen LogP contribution in [0.2, 0.25) is 0 Å². The number of hydrogen-bond acceptors (Lipinski definition) is 9. The Bertz CT molecular complexity index is 1300. The molecule has 15 heteroatoms. The van der Waals surface area contributed by atoms with Gasteiger partial charge in [-0.3, -0.25) is 4.79 Å². The molecular weight excluding hydrogens is 512 g/mol. The van der Waals surface area contributed by atoms with E-state index in [4.69, 9.17) is 4.74 Å². The number of alkyl halides is 3. The number of anilines is 2. The summed E-state index contributed by atoms with van der Waals surface area (Å²) in [7, 11) is 1.65. The molecule has 3 aromatic heterocycles. The van der Waals surface area contributed by atoms with Gasteiger partial charge in [0, 0.05) is 7.05 Å². The summed E-state index contributed by atoms with van der Waals surface area (Å²) in [5.74, 6) is -2.38. The minimum atomic E-state index is -4.54. The maximum atomic E-state index is 13.8. The van der Waals surface area contributed by atoms with Gasteiger partial charge in [-0.2, -0.15) is 18.2 Å². The lowest BCUT2D eigenvalue weighted by Gasteiger charge is -2.27. The number of aromatic nitrogens is 6. The third kappa shape index (κ3) is 6.63. The van der Waals surface area contributed by atoms with Gasteiger partial charge in [0.15, 0.2) is 11.6 Å². The zero-order valence-corrected chi connectivity index (χ0v) is 20.6. The zero-order valence-electron chi connectivity index (χ0n) is 20.6. The first-order valence-electron chi connectivity index (χ1n) is 11.8. The van der Waals surface area contributed by atoms with E-state index < -0.39 is 36.2 Å². The Morgan fingerprint density at radius 1 is 1.24 bits per heavy atom. The summed E-state index contributed by atoms with van der Waals surface area (Å²) >= 11 is 0. The van der Waals surface area contributed by atoms with Crippen LogP contribution in [0.15, 0.2) is 18.3 Å². The minimum Gasteiger partial charge on any atom is -0.489 e. The maximum absolute atomic E-state index is 13.8. The Hall–Kier alpha value is -4.04. The van der Waals surface area contributed by atoms with Crippen molar-refractivity contribution in [3.63, 3.8) is 0 Å². The Morgan fingerprint density at radius 3 is 2.74 bits per heavy atom. The van der Waals surface area contributed by atoms with E-state index in [1.54, 1.807) is 26.1 Å². The van der Waals surface area contributed by atoms with Crippen molar-refractivity contribution in [3.05, 3.63) is 35.5 Å². The normalized spacial score (nSPS) is 17.7.